The van der Waals surface area contributed by atoms with Crippen molar-refractivity contribution in [2.24, 2.45) is 0 Å². The van der Waals surface area contributed by atoms with Crippen molar-refractivity contribution in [2.75, 3.05) is 28.4 Å². The highest BCUT2D eigenvalue weighted by atomic mass is 16.5. The molecule has 0 aliphatic carbocycles. The Kier molecular flexibility index (Phi) is 5.89. The minimum atomic E-state index is -0.270. The highest BCUT2D eigenvalue weighted by Gasteiger charge is 2.19. The molecule has 2 aromatic rings. The minimum Gasteiger partial charge on any atom is -0.504 e. The van der Waals surface area contributed by atoms with Crippen molar-refractivity contribution < 1.29 is 28.8 Å². The van der Waals surface area contributed by atoms with Gasteiger partial charge in [0.25, 0.3) is 0 Å². The highest BCUT2D eigenvalue weighted by molar-refractivity contribution is 6.09. The van der Waals surface area contributed by atoms with E-state index in [1.807, 2.05) is 0 Å². The topological polar surface area (TPSA) is 74.2 Å². The Morgan fingerprint density at radius 3 is 2.08 bits per heavy atom. The molecule has 6 heteroatoms. The van der Waals surface area contributed by atoms with Crippen LogP contribution in [0.25, 0.3) is 6.08 Å². The fraction of sp³-hybridized carbons (Fsp3) is 0.211. The summed E-state index contributed by atoms with van der Waals surface area (Å²) in [5.74, 6) is 1.22. The van der Waals surface area contributed by atoms with Gasteiger partial charge in [-0.25, -0.2) is 0 Å². The maximum Gasteiger partial charge on any atom is 0.204 e. The normalized spacial score (nSPS) is 10.6. The zero-order chi connectivity index (χ0) is 18.4. The number of benzene rings is 2. The van der Waals surface area contributed by atoms with Crippen LogP contribution < -0.4 is 18.9 Å². The summed E-state index contributed by atoms with van der Waals surface area (Å²) < 4.78 is 20.8. The zero-order valence-electron chi connectivity index (χ0n) is 14.5. The van der Waals surface area contributed by atoms with Crippen LogP contribution in [0.2, 0.25) is 0 Å². The third kappa shape index (κ3) is 3.85. The molecule has 2 aromatic carbocycles. The van der Waals surface area contributed by atoms with Gasteiger partial charge in [0.2, 0.25) is 5.75 Å². The van der Waals surface area contributed by atoms with Crippen molar-refractivity contribution in [3.05, 3.63) is 47.5 Å². The van der Waals surface area contributed by atoms with Crippen LogP contribution in [-0.2, 0) is 0 Å². The summed E-state index contributed by atoms with van der Waals surface area (Å²) in [6.07, 6.45) is 2.99. The summed E-state index contributed by atoms with van der Waals surface area (Å²) in [7, 11) is 5.91. The molecule has 0 amide bonds. The second-order valence-electron chi connectivity index (χ2n) is 5.01. The number of ether oxygens (including phenoxy) is 4. The summed E-state index contributed by atoms with van der Waals surface area (Å²) >= 11 is 0. The number of methoxy groups -OCH3 is 4. The first kappa shape index (κ1) is 18.2. The van der Waals surface area contributed by atoms with Gasteiger partial charge in [-0.15, -0.1) is 0 Å². The molecule has 0 radical (unpaired) electrons. The third-order valence-electron chi connectivity index (χ3n) is 3.60. The Bertz CT molecular complexity index is 795. The van der Waals surface area contributed by atoms with Gasteiger partial charge in [0.15, 0.2) is 28.8 Å². The lowest BCUT2D eigenvalue weighted by atomic mass is 10.1. The van der Waals surface area contributed by atoms with Crippen LogP contribution in [0.4, 0.5) is 0 Å². The molecule has 0 saturated heterocycles. The van der Waals surface area contributed by atoms with E-state index in [0.717, 1.165) is 0 Å². The summed E-state index contributed by atoms with van der Waals surface area (Å²) in [5.41, 5.74) is 1.00. The van der Waals surface area contributed by atoms with Crippen LogP contribution in [0, 0.1) is 0 Å². The van der Waals surface area contributed by atoms with Crippen LogP contribution in [-0.4, -0.2) is 39.3 Å². The Morgan fingerprint density at radius 2 is 1.52 bits per heavy atom. The predicted octanol–water partition coefficient (Wildman–Crippen LogP) is 3.32. The lowest BCUT2D eigenvalue weighted by Gasteiger charge is -2.14. The molecule has 132 valence electrons. The molecule has 25 heavy (non-hydrogen) atoms. The van der Waals surface area contributed by atoms with E-state index in [4.69, 9.17) is 18.9 Å². The lowest BCUT2D eigenvalue weighted by molar-refractivity contribution is 0.104. The maximum atomic E-state index is 12.5. The maximum absolute atomic E-state index is 12.5. The molecule has 0 saturated carbocycles. The monoisotopic (exact) mass is 344 g/mol. The third-order valence-corrected chi connectivity index (χ3v) is 3.60. The van der Waals surface area contributed by atoms with Crippen LogP contribution >= 0.6 is 0 Å². The minimum absolute atomic E-state index is 0.000737. The number of hydrogen-bond donors (Lipinski definition) is 1. The highest BCUT2D eigenvalue weighted by Crippen LogP contribution is 2.40. The molecular formula is C19H20O6. The Labute approximate surface area is 146 Å². The molecule has 0 aromatic heterocycles. The number of carbonyl (C=O) groups is 1. The fourth-order valence-electron chi connectivity index (χ4n) is 2.37. The first-order valence-electron chi connectivity index (χ1n) is 7.44. The molecule has 0 atom stereocenters. The zero-order valence-corrected chi connectivity index (χ0v) is 14.5. The van der Waals surface area contributed by atoms with Crippen molar-refractivity contribution in [2.45, 2.75) is 0 Å². The van der Waals surface area contributed by atoms with E-state index in [9.17, 15) is 9.90 Å². The molecule has 0 aliphatic heterocycles. The van der Waals surface area contributed by atoms with Gasteiger partial charge in [-0.3, -0.25) is 4.79 Å². The van der Waals surface area contributed by atoms with Crippen LogP contribution in [0.3, 0.4) is 0 Å². The van der Waals surface area contributed by atoms with Crippen molar-refractivity contribution in [1.82, 2.24) is 0 Å². The van der Waals surface area contributed by atoms with Crippen LogP contribution in [0.15, 0.2) is 36.4 Å². The van der Waals surface area contributed by atoms with Gasteiger partial charge in [-0.2, -0.15) is 0 Å². The van der Waals surface area contributed by atoms with E-state index < -0.39 is 0 Å². The lowest BCUT2D eigenvalue weighted by Crippen LogP contribution is -2.02. The van der Waals surface area contributed by atoms with Gasteiger partial charge in [0.1, 0.15) is 0 Å². The quantitative estimate of drug-likeness (QED) is 0.613. The summed E-state index contributed by atoms with van der Waals surface area (Å²) in [6.45, 7) is 0. The Hall–Kier alpha value is -3.15. The van der Waals surface area contributed by atoms with Gasteiger partial charge < -0.3 is 24.1 Å². The summed E-state index contributed by atoms with van der Waals surface area (Å²) in [5, 5.41) is 9.79. The van der Waals surface area contributed by atoms with Crippen molar-refractivity contribution in [3.8, 4) is 28.7 Å². The van der Waals surface area contributed by atoms with E-state index in [2.05, 4.69) is 0 Å². The predicted molar refractivity (Wildman–Crippen MR) is 94.1 cm³/mol. The first-order valence-corrected chi connectivity index (χ1v) is 7.44. The number of carbonyl (C=O) groups excluding carboxylic acids is 1. The fourth-order valence-corrected chi connectivity index (χ4v) is 2.37. The van der Waals surface area contributed by atoms with Gasteiger partial charge in [0.05, 0.1) is 34.0 Å². The molecule has 0 heterocycles. The largest absolute Gasteiger partial charge is 0.504 e. The van der Waals surface area contributed by atoms with E-state index in [0.29, 0.717) is 34.1 Å². The average molecular weight is 344 g/mol. The number of phenols is 1. The van der Waals surface area contributed by atoms with Gasteiger partial charge >= 0.3 is 0 Å². The molecule has 0 fully saturated rings. The first-order chi connectivity index (χ1) is 12.0. The molecule has 6 nitrogen and oxygen atoms in total. The number of rotatable bonds is 7. The van der Waals surface area contributed by atoms with E-state index >= 15 is 0 Å². The molecular weight excluding hydrogens is 324 g/mol. The average Bonchev–Trinajstić information content (AvgIpc) is 2.64. The number of ketones is 1. The smallest absolute Gasteiger partial charge is 0.204 e. The number of allylic oxidation sites excluding steroid dienone is 1. The van der Waals surface area contributed by atoms with Crippen LogP contribution in [0.1, 0.15) is 15.9 Å². The van der Waals surface area contributed by atoms with Crippen LogP contribution in [0.5, 0.6) is 28.7 Å². The Balaban J connectivity index is 2.33. The van der Waals surface area contributed by atoms with E-state index in [1.165, 1.54) is 40.6 Å². The Morgan fingerprint density at radius 1 is 0.880 bits per heavy atom. The van der Waals surface area contributed by atoms with E-state index in [-0.39, 0.29) is 11.5 Å². The van der Waals surface area contributed by atoms with E-state index in [1.54, 1.807) is 30.3 Å². The number of phenolic OH excluding ortho intramolecular Hbond substituents is 1. The van der Waals surface area contributed by atoms with Gasteiger partial charge in [-0.05, 0) is 35.9 Å². The SMILES string of the molecule is COc1ccc(/C=C/C(=O)c2ccc(OC)c(OC)c2OC)cc1O. The van der Waals surface area contributed by atoms with Crippen molar-refractivity contribution in [1.29, 1.82) is 0 Å². The molecule has 0 bridgehead atoms. The number of aromatic hydroxyl groups is 1. The van der Waals surface area contributed by atoms with Crippen molar-refractivity contribution in [3.63, 3.8) is 0 Å². The summed E-state index contributed by atoms with van der Waals surface area (Å²) in [6, 6.07) is 8.11. The molecule has 2 rings (SSSR count). The summed E-state index contributed by atoms with van der Waals surface area (Å²) in [4.78, 5) is 12.5. The molecule has 0 spiro atoms. The van der Waals surface area contributed by atoms with Gasteiger partial charge in [-0.1, -0.05) is 12.1 Å². The van der Waals surface area contributed by atoms with Crippen molar-refractivity contribution >= 4 is 11.9 Å². The van der Waals surface area contributed by atoms with Gasteiger partial charge in [0, 0.05) is 0 Å². The standard InChI is InChI=1S/C19H20O6/c1-22-16-9-6-12(11-15(16)21)5-8-14(20)13-7-10-17(23-2)19(25-4)18(13)24-3/h5-11,21H,1-4H3/b8-5+. The molecule has 0 unspecified atom stereocenters. The molecule has 0 aliphatic rings. The molecule has 1 N–H and O–H groups in total. The number of hydrogen-bond acceptors (Lipinski definition) is 6. The second kappa shape index (κ2) is 8.10. The second-order valence-corrected chi connectivity index (χ2v) is 5.01.